The molecular weight excluding hydrogens is 199 g/mol. The van der Waals surface area contributed by atoms with Crippen molar-refractivity contribution in [3.05, 3.63) is 0 Å². The maximum absolute atomic E-state index is 14.1. The van der Waals surface area contributed by atoms with Crippen LogP contribution in [0.2, 0.25) is 0 Å². The summed E-state index contributed by atoms with van der Waals surface area (Å²) in [5.41, 5.74) is 0. The monoisotopic (exact) mass is 226 g/mol. The van der Waals surface area contributed by atoms with Crippen molar-refractivity contribution in [3.8, 4) is 0 Å². The van der Waals surface area contributed by atoms with Gasteiger partial charge < -0.3 is 0 Å². The first-order valence-corrected chi connectivity index (χ1v) is 7.22. The summed E-state index contributed by atoms with van der Waals surface area (Å²) in [5, 5.41) is 0. The molecule has 0 aromatic rings. The van der Waals surface area contributed by atoms with Gasteiger partial charge in [0.1, 0.15) is 6.17 Å². The molecular formula is C15H27F. The lowest BCUT2D eigenvalue weighted by atomic mass is 9.64. The Bertz CT molecular complexity index is 205. The van der Waals surface area contributed by atoms with Crippen LogP contribution in [0.5, 0.6) is 0 Å². The van der Waals surface area contributed by atoms with Gasteiger partial charge in [0, 0.05) is 0 Å². The minimum Gasteiger partial charge on any atom is -0.247 e. The van der Waals surface area contributed by atoms with Gasteiger partial charge >= 0.3 is 0 Å². The zero-order chi connectivity index (χ0) is 11.7. The number of halogens is 1. The highest BCUT2D eigenvalue weighted by molar-refractivity contribution is 4.88. The van der Waals surface area contributed by atoms with Gasteiger partial charge in [0.25, 0.3) is 0 Å². The first kappa shape index (κ1) is 12.4. The van der Waals surface area contributed by atoms with Crippen molar-refractivity contribution in [2.24, 2.45) is 29.6 Å². The van der Waals surface area contributed by atoms with E-state index < -0.39 is 6.17 Å². The second-order valence-electron chi connectivity index (χ2n) is 6.68. The van der Waals surface area contributed by atoms with Crippen LogP contribution in [-0.2, 0) is 0 Å². The first-order chi connectivity index (χ1) is 7.58. The van der Waals surface area contributed by atoms with E-state index in [2.05, 4.69) is 20.8 Å². The normalized spacial score (nSPS) is 50.2. The Labute approximate surface area is 100 Å². The molecule has 0 amide bonds. The Morgan fingerprint density at radius 1 is 0.875 bits per heavy atom. The number of hydrogen-bond donors (Lipinski definition) is 0. The zero-order valence-electron chi connectivity index (χ0n) is 11.1. The summed E-state index contributed by atoms with van der Waals surface area (Å²) in [6, 6.07) is 0. The van der Waals surface area contributed by atoms with Gasteiger partial charge in [-0.15, -0.1) is 0 Å². The molecule has 0 radical (unpaired) electrons. The molecule has 2 rings (SSSR count). The predicted molar refractivity (Wildman–Crippen MR) is 67.1 cm³/mol. The van der Waals surface area contributed by atoms with Crippen molar-refractivity contribution < 1.29 is 4.39 Å². The van der Waals surface area contributed by atoms with E-state index in [9.17, 15) is 4.39 Å². The maximum Gasteiger partial charge on any atom is 0.103 e. The van der Waals surface area contributed by atoms with Crippen molar-refractivity contribution in [3.63, 3.8) is 0 Å². The first-order valence-electron chi connectivity index (χ1n) is 7.22. The highest BCUT2D eigenvalue weighted by Gasteiger charge is 2.39. The Morgan fingerprint density at radius 3 is 2.06 bits per heavy atom. The fraction of sp³-hybridized carbons (Fsp3) is 1.00. The van der Waals surface area contributed by atoms with E-state index in [1.54, 1.807) is 0 Å². The SMILES string of the molecule is CC1CC(C)CC(C2C(C)CCCC2F)C1. The van der Waals surface area contributed by atoms with Crippen LogP contribution in [0.15, 0.2) is 0 Å². The minimum absolute atomic E-state index is 0.374. The quantitative estimate of drug-likeness (QED) is 0.600. The van der Waals surface area contributed by atoms with Crippen molar-refractivity contribution in [1.29, 1.82) is 0 Å². The average Bonchev–Trinajstić information content (AvgIpc) is 2.15. The smallest absolute Gasteiger partial charge is 0.103 e. The Balaban J connectivity index is 2.03. The van der Waals surface area contributed by atoms with Gasteiger partial charge in [-0.05, 0) is 55.3 Å². The van der Waals surface area contributed by atoms with Gasteiger partial charge in [-0.25, -0.2) is 4.39 Å². The molecule has 0 aliphatic heterocycles. The fourth-order valence-electron chi connectivity index (χ4n) is 4.46. The molecule has 5 atom stereocenters. The molecule has 0 N–H and O–H groups in total. The van der Waals surface area contributed by atoms with Crippen molar-refractivity contribution in [2.75, 3.05) is 0 Å². The lowest BCUT2D eigenvalue weighted by Crippen LogP contribution is -2.37. The number of hydrogen-bond acceptors (Lipinski definition) is 0. The fourth-order valence-corrected chi connectivity index (χ4v) is 4.46. The van der Waals surface area contributed by atoms with E-state index in [1.165, 1.54) is 25.7 Å². The van der Waals surface area contributed by atoms with Crippen molar-refractivity contribution in [1.82, 2.24) is 0 Å². The second kappa shape index (κ2) is 5.06. The van der Waals surface area contributed by atoms with Crippen LogP contribution >= 0.6 is 0 Å². The van der Waals surface area contributed by atoms with Gasteiger partial charge in [0.05, 0.1) is 0 Å². The van der Waals surface area contributed by atoms with E-state index in [1.807, 2.05) is 0 Å². The Hall–Kier alpha value is -0.0700. The van der Waals surface area contributed by atoms with Crippen LogP contribution in [0, 0.1) is 29.6 Å². The van der Waals surface area contributed by atoms with E-state index in [0.29, 0.717) is 17.8 Å². The number of rotatable bonds is 1. The molecule has 94 valence electrons. The predicted octanol–water partition coefficient (Wildman–Crippen LogP) is 4.83. The summed E-state index contributed by atoms with van der Waals surface area (Å²) in [5.74, 6) is 3.29. The summed E-state index contributed by atoms with van der Waals surface area (Å²) in [7, 11) is 0. The lowest BCUT2D eigenvalue weighted by molar-refractivity contribution is 0.0292. The van der Waals surface area contributed by atoms with Crippen LogP contribution < -0.4 is 0 Å². The third-order valence-electron chi connectivity index (χ3n) is 4.97. The highest BCUT2D eigenvalue weighted by Crippen LogP contribution is 2.45. The molecule has 2 fully saturated rings. The van der Waals surface area contributed by atoms with E-state index in [4.69, 9.17) is 0 Å². The van der Waals surface area contributed by atoms with Crippen LogP contribution in [0.4, 0.5) is 4.39 Å². The molecule has 0 aromatic carbocycles. The molecule has 5 unspecified atom stereocenters. The van der Waals surface area contributed by atoms with Gasteiger partial charge in [0.2, 0.25) is 0 Å². The molecule has 2 aliphatic carbocycles. The number of alkyl halides is 1. The third kappa shape index (κ3) is 2.60. The molecule has 0 saturated heterocycles. The van der Waals surface area contributed by atoms with Gasteiger partial charge in [0.15, 0.2) is 0 Å². The van der Waals surface area contributed by atoms with Crippen LogP contribution in [0.25, 0.3) is 0 Å². The Kier molecular flexibility index (Phi) is 3.92. The average molecular weight is 226 g/mol. The molecule has 0 nitrogen and oxygen atoms in total. The molecule has 0 heterocycles. The van der Waals surface area contributed by atoms with E-state index in [-0.39, 0.29) is 0 Å². The molecule has 0 aromatic heterocycles. The standard InChI is InChI=1S/C15H27F/c1-10-7-11(2)9-13(8-10)15-12(3)5-4-6-14(15)16/h10-15H,4-9H2,1-3H3. The van der Waals surface area contributed by atoms with Crippen LogP contribution in [0.3, 0.4) is 0 Å². The van der Waals surface area contributed by atoms with Crippen LogP contribution in [0.1, 0.15) is 59.3 Å². The Morgan fingerprint density at radius 2 is 1.50 bits per heavy atom. The molecule has 0 spiro atoms. The second-order valence-corrected chi connectivity index (χ2v) is 6.68. The topological polar surface area (TPSA) is 0 Å². The molecule has 16 heavy (non-hydrogen) atoms. The molecule has 2 saturated carbocycles. The van der Waals surface area contributed by atoms with Gasteiger partial charge in [-0.1, -0.05) is 33.6 Å². The minimum atomic E-state index is -0.508. The van der Waals surface area contributed by atoms with E-state index >= 15 is 0 Å². The maximum atomic E-state index is 14.1. The molecule has 0 bridgehead atoms. The van der Waals surface area contributed by atoms with Gasteiger partial charge in [-0.3, -0.25) is 0 Å². The lowest BCUT2D eigenvalue weighted by Gasteiger charge is -2.42. The van der Waals surface area contributed by atoms with Gasteiger partial charge in [-0.2, -0.15) is 0 Å². The van der Waals surface area contributed by atoms with Crippen LogP contribution in [-0.4, -0.2) is 6.17 Å². The molecule has 2 aliphatic rings. The van der Waals surface area contributed by atoms with E-state index in [0.717, 1.165) is 24.7 Å². The largest absolute Gasteiger partial charge is 0.247 e. The summed E-state index contributed by atoms with van der Waals surface area (Å²) in [6.07, 6.45) is 6.59. The highest BCUT2D eigenvalue weighted by atomic mass is 19.1. The summed E-state index contributed by atoms with van der Waals surface area (Å²) < 4.78 is 14.1. The summed E-state index contributed by atoms with van der Waals surface area (Å²) >= 11 is 0. The zero-order valence-corrected chi connectivity index (χ0v) is 11.1. The summed E-state index contributed by atoms with van der Waals surface area (Å²) in [4.78, 5) is 0. The molecule has 1 heteroatoms. The summed E-state index contributed by atoms with van der Waals surface area (Å²) in [6.45, 7) is 6.98. The third-order valence-corrected chi connectivity index (χ3v) is 4.97. The van der Waals surface area contributed by atoms with Crippen molar-refractivity contribution >= 4 is 0 Å². The van der Waals surface area contributed by atoms with Crippen molar-refractivity contribution in [2.45, 2.75) is 65.5 Å².